The van der Waals surface area contributed by atoms with Gasteiger partial charge in [0.2, 0.25) is 0 Å². The summed E-state index contributed by atoms with van der Waals surface area (Å²) in [6, 6.07) is -0.318. The molecule has 0 aromatic rings. The van der Waals surface area contributed by atoms with Gasteiger partial charge in [0.15, 0.2) is 0 Å². The van der Waals surface area contributed by atoms with Gasteiger partial charge in [-0.05, 0) is 19.8 Å². The number of aliphatic hydroxyl groups is 2. The first-order valence-corrected chi connectivity index (χ1v) is 7.03. The smallest absolute Gasteiger partial charge is 0.317 e. The van der Waals surface area contributed by atoms with Crippen LogP contribution in [0.2, 0.25) is 0 Å². The molecular formula is C13H24N2O6. The lowest BCUT2D eigenvalue weighted by Gasteiger charge is -2.32. The Morgan fingerprint density at radius 1 is 1.38 bits per heavy atom. The van der Waals surface area contributed by atoms with Gasteiger partial charge in [-0.1, -0.05) is 0 Å². The average Bonchev–Trinajstić information content (AvgIpc) is 2.42. The minimum atomic E-state index is -1.47. The van der Waals surface area contributed by atoms with E-state index >= 15 is 0 Å². The Morgan fingerprint density at radius 3 is 2.52 bits per heavy atom. The molecule has 1 saturated heterocycles. The van der Waals surface area contributed by atoms with Crippen LogP contribution >= 0.6 is 0 Å². The molecule has 1 aliphatic rings. The van der Waals surface area contributed by atoms with Gasteiger partial charge in [-0.15, -0.1) is 0 Å². The predicted molar refractivity (Wildman–Crippen MR) is 73.9 cm³/mol. The lowest BCUT2D eigenvalue weighted by molar-refractivity contribution is -0.141. The minimum absolute atomic E-state index is 0.0145. The van der Waals surface area contributed by atoms with Gasteiger partial charge in [0.1, 0.15) is 0 Å². The number of aliphatic carboxylic acids is 1. The van der Waals surface area contributed by atoms with Crippen LogP contribution in [0.1, 0.15) is 26.2 Å². The van der Waals surface area contributed by atoms with Crippen molar-refractivity contribution in [3.8, 4) is 0 Å². The number of carboxylic acids is 1. The summed E-state index contributed by atoms with van der Waals surface area (Å²) < 4.78 is 5.40. The third kappa shape index (κ3) is 6.74. The number of urea groups is 1. The summed E-state index contributed by atoms with van der Waals surface area (Å²) in [5.74, 6) is -1.11. The Balaban J connectivity index is 2.29. The highest BCUT2D eigenvalue weighted by Crippen LogP contribution is 2.14. The van der Waals surface area contributed by atoms with E-state index in [1.54, 1.807) is 4.90 Å². The first kappa shape index (κ1) is 17.7. The van der Waals surface area contributed by atoms with Crippen LogP contribution < -0.4 is 5.32 Å². The van der Waals surface area contributed by atoms with Crippen molar-refractivity contribution in [2.45, 2.75) is 37.9 Å². The first-order chi connectivity index (χ1) is 9.84. The highest BCUT2D eigenvalue weighted by Gasteiger charge is 2.27. The molecule has 1 heterocycles. The molecule has 2 amide bonds. The lowest BCUT2D eigenvalue weighted by Crippen LogP contribution is -2.50. The van der Waals surface area contributed by atoms with Gasteiger partial charge in [-0.3, -0.25) is 4.79 Å². The van der Waals surface area contributed by atoms with Crippen LogP contribution in [0.15, 0.2) is 0 Å². The molecule has 4 N–H and O–H groups in total. The van der Waals surface area contributed by atoms with Crippen molar-refractivity contribution in [1.82, 2.24) is 10.2 Å². The highest BCUT2D eigenvalue weighted by atomic mass is 16.5. The third-order valence-electron chi connectivity index (χ3n) is 3.33. The Labute approximate surface area is 123 Å². The quantitative estimate of drug-likeness (QED) is 0.498. The molecule has 0 saturated carbocycles. The van der Waals surface area contributed by atoms with E-state index in [9.17, 15) is 14.7 Å². The molecule has 1 atom stereocenters. The van der Waals surface area contributed by atoms with E-state index in [1.165, 1.54) is 6.92 Å². The number of carboxylic acid groups (broad SMARTS) is 1. The molecule has 0 bridgehead atoms. The average molecular weight is 304 g/mol. The number of hydrogen-bond donors (Lipinski definition) is 4. The van der Waals surface area contributed by atoms with E-state index in [1.807, 2.05) is 0 Å². The van der Waals surface area contributed by atoms with Gasteiger partial charge in [0, 0.05) is 19.6 Å². The summed E-state index contributed by atoms with van der Waals surface area (Å²) >= 11 is 0. The van der Waals surface area contributed by atoms with E-state index in [0.717, 1.165) is 0 Å². The number of carbonyl (C=O) groups is 2. The Hall–Kier alpha value is -1.38. The van der Waals surface area contributed by atoms with Crippen molar-refractivity contribution in [2.75, 3.05) is 32.8 Å². The number of rotatable bonds is 7. The van der Waals surface area contributed by atoms with Crippen LogP contribution in [0, 0.1) is 0 Å². The monoisotopic (exact) mass is 304 g/mol. The normalized spacial score (nSPS) is 19.1. The zero-order valence-electron chi connectivity index (χ0n) is 12.2. The van der Waals surface area contributed by atoms with Gasteiger partial charge in [0.05, 0.1) is 31.3 Å². The number of piperidine rings is 1. The van der Waals surface area contributed by atoms with Gasteiger partial charge in [-0.25, -0.2) is 4.79 Å². The maximum atomic E-state index is 11.9. The van der Waals surface area contributed by atoms with Crippen LogP contribution in [0.5, 0.6) is 0 Å². The van der Waals surface area contributed by atoms with Crippen LogP contribution in [0.25, 0.3) is 0 Å². The summed E-state index contributed by atoms with van der Waals surface area (Å²) in [6.45, 7) is 2.61. The van der Waals surface area contributed by atoms with Crippen molar-refractivity contribution in [3.63, 3.8) is 0 Å². The van der Waals surface area contributed by atoms with Crippen molar-refractivity contribution in [2.24, 2.45) is 0 Å². The summed E-state index contributed by atoms with van der Waals surface area (Å²) in [5.41, 5.74) is -1.47. The van der Waals surface area contributed by atoms with Gasteiger partial charge >= 0.3 is 12.0 Å². The maximum Gasteiger partial charge on any atom is 0.317 e. The summed E-state index contributed by atoms with van der Waals surface area (Å²) in [7, 11) is 0. The third-order valence-corrected chi connectivity index (χ3v) is 3.33. The topological polar surface area (TPSA) is 119 Å². The molecule has 1 fully saturated rings. The SMILES string of the molecule is CC(O)(CNC(=O)N1CCC(OCCO)CC1)CC(=O)O. The van der Waals surface area contributed by atoms with E-state index in [-0.39, 0.29) is 25.3 Å². The Kier molecular flexibility index (Phi) is 6.86. The Bertz CT molecular complexity index is 353. The predicted octanol–water partition coefficient (Wildman–Crippen LogP) is -0.605. The maximum absolute atomic E-state index is 11.9. The second kappa shape index (κ2) is 8.16. The zero-order valence-corrected chi connectivity index (χ0v) is 12.2. The number of amides is 2. The number of ether oxygens (including phenoxy) is 1. The number of nitrogens with zero attached hydrogens (tertiary/aromatic N) is 1. The van der Waals surface area contributed by atoms with Crippen molar-refractivity contribution < 1.29 is 29.6 Å². The Morgan fingerprint density at radius 2 is 2.00 bits per heavy atom. The second-order valence-electron chi connectivity index (χ2n) is 5.51. The number of nitrogens with one attached hydrogen (secondary N) is 1. The molecule has 0 aromatic carbocycles. The molecule has 122 valence electrons. The van der Waals surface area contributed by atoms with E-state index in [4.69, 9.17) is 14.9 Å². The van der Waals surface area contributed by atoms with Crippen molar-refractivity contribution in [3.05, 3.63) is 0 Å². The number of hydrogen-bond acceptors (Lipinski definition) is 5. The van der Waals surface area contributed by atoms with Crippen LogP contribution in [-0.4, -0.2) is 76.8 Å². The van der Waals surface area contributed by atoms with E-state index in [2.05, 4.69) is 5.32 Å². The summed E-state index contributed by atoms with van der Waals surface area (Å²) in [5, 5.41) is 29.7. The number of carbonyl (C=O) groups excluding carboxylic acids is 1. The molecule has 0 spiro atoms. The fraction of sp³-hybridized carbons (Fsp3) is 0.846. The largest absolute Gasteiger partial charge is 0.481 e. The van der Waals surface area contributed by atoms with E-state index in [0.29, 0.717) is 32.5 Å². The molecule has 0 aliphatic carbocycles. The molecule has 1 rings (SSSR count). The van der Waals surface area contributed by atoms with Crippen LogP contribution in [-0.2, 0) is 9.53 Å². The number of likely N-dealkylation sites (tertiary alicyclic amines) is 1. The van der Waals surface area contributed by atoms with Gasteiger partial charge in [0.25, 0.3) is 0 Å². The van der Waals surface area contributed by atoms with Crippen molar-refractivity contribution >= 4 is 12.0 Å². The number of aliphatic hydroxyl groups excluding tert-OH is 1. The van der Waals surface area contributed by atoms with E-state index < -0.39 is 18.0 Å². The second-order valence-corrected chi connectivity index (χ2v) is 5.51. The van der Waals surface area contributed by atoms with Crippen molar-refractivity contribution in [1.29, 1.82) is 0 Å². The fourth-order valence-corrected chi connectivity index (χ4v) is 2.21. The molecule has 8 heteroatoms. The molecule has 8 nitrogen and oxygen atoms in total. The molecule has 1 aliphatic heterocycles. The summed E-state index contributed by atoms with van der Waals surface area (Å²) in [6.07, 6.45) is 1.01. The van der Waals surface area contributed by atoms with Gasteiger partial charge in [-0.2, -0.15) is 0 Å². The standard InChI is InChI=1S/C13H24N2O6/c1-13(20,8-11(17)18)9-14-12(19)15-4-2-10(3-5-15)21-7-6-16/h10,16,20H,2-9H2,1H3,(H,14,19)(H,17,18). The van der Waals surface area contributed by atoms with Crippen LogP contribution in [0.3, 0.4) is 0 Å². The molecule has 21 heavy (non-hydrogen) atoms. The first-order valence-electron chi connectivity index (χ1n) is 7.03. The highest BCUT2D eigenvalue weighted by molar-refractivity contribution is 5.74. The summed E-state index contributed by atoms with van der Waals surface area (Å²) in [4.78, 5) is 24.1. The van der Waals surface area contributed by atoms with Crippen LogP contribution in [0.4, 0.5) is 4.79 Å². The molecular weight excluding hydrogens is 280 g/mol. The fourth-order valence-electron chi connectivity index (χ4n) is 2.21. The molecule has 0 radical (unpaired) electrons. The zero-order chi connectivity index (χ0) is 15.9. The molecule has 0 aromatic heterocycles. The van der Waals surface area contributed by atoms with Gasteiger partial charge < -0.3 is 30.3 Å². The minimum Gasteiger partial charge on any atom is -0.481 e. The lowest BCUT2D eigenvalue weighted by atomic mass is 10.0. The molecule has 1 unspecified atom stereocenters.